The van der Waals surface area contributed by atoms with Gasteiger partial charge in [-0.3, -0.25) is 0 Å². The molecule has 4 heteroatoms. The van der Waals surface area contributed by atoms with Gasteiger partial charge >= 0.3 is 0 Å². The van der Waals surface area contributed by atoms with Gasteiger partial charge in [-0.25, -0.2) is 9.97 Å². The first-order valence-corrected chi connectivity index (χ1v) is 8.47. The molecular formula is C17H27N3O. The second-order valence-corrected chi connectivity index (χ2v) is 6.53. The summed E-state index contributed by atoms with van der Waals surface area (Å²) in [5.74, 6) is 1.54. The minimum Gasteiger partial charge on any atom is -0.375 e. The Labute approximate surface area is 127 Å². The van der Waals surface area contributed by atoms with Gasteiger partial charge in [0.15, 0.2) is 0 Å². The molecule has 2 unspecified atom stereocenters. The van der Waals surface area contributed by atoms with E-state index in [1.165, 1.54) is 25.7 Å². The molecule has 116 valence electrons. The van der Waals surface area contributed by atoms with E-state index in [1.807, 2.05) is 18.5 Å². The van der Waals surface area contributed by atoms with Crippen LogP contribution >= 0.6 is 0 Å². The van der Waals surface area contributed by atoms with E-state index in [2.05, 4.69) is 22.2 Å². The van der Waals surface area contributed by atoms with E-state index < -0.39 is 0 Å². The zero-order chi connectivity index (χ0) is 14.5. The average molecular weight is 289 g/mol. The van der Waals surface area contributed by atoms with Gasteiger partial charge in [-0.15, -0.1) is 0 Å². The maximum Gasteiger partial charge on any atom is 0.145 e. The fraction of sp³-hybridized carbons (Fsp3) is 0.765. The molecule has 1 aromatic heterocycles. The molecule has 1 aliphatic heterocycles. The lowest BCUT2D eigenvalue weighted by molar-refractivity contribution is -0.0986. The van der Waals surface area contributed by atoms with Crippen LogP contribution in [0.2, 0.25) is 0 Å². The molecule has 0 aromatic carbocycles. The van der Waals surface area contributed by atoms with Gasteiger partial charge in [0.25, 0.3) is 0 Å². The van der Waals surface area contributed by atoms with Crippen LogP contribution < -0.4 is 5.32 Å². The molecule has 2 heterocycles. The maximum absolute atomic E-state index is 6.18. The molecule has 0 bridgehead atoms. The first kappa shape index (κ1) is 14.9. The van der Waals surface area contributed by atoms with Crippen molar-refractivity contribution in [3.05, 3.63) is 24.3 Å². The normalized spacial score (nSPS) is 26.0. The SMILES string of the molecule is CCCNC(c1ncccn1)C1CCOC2(CCCC2)C1. The van der Waals surface area contributed by atoms with Crippen molar-refractivity contribution in [1.29, 1.82) is 0 Å². The monoisotopic (exact) mass is 289 g/mol. The maximum atomic E-state index is 6.18. The van der Waals surface area contributed by atoms with Crippen molar-refractivity contribution in [2.75, 3.05) is 13.2 Å². The van der Waals surface area contributed by atoms with E-state index in [1.54, 1.807) is 0 Å². The van der Waals surface area contributed by atoms with Crippen molar-refractivity contribution in [2.24, 2.45) is 5.92 Å². The van der Waals surface area contributed by atoms with Crippen LogP contribution in [0.3, 0.4) is 0 Å². The Kier molecular flexibility index (Phi) is 4.86. The van der Waals surface area contributed by atoms with Crippen molar-refractivity contribution in [1.82, 2.24) is 15.3 Å². The third kappa shape index (κ3) is 3.43. The first-order chi connectivity index (χ1) is 10.3. The second kappa shape index (κ2) is 6.84. The zero-order valence-corrected chi connectivity index (χ0v) is 13.1. The Morgan fingerprint density at radius 2 is 2.10 bits per heavy atom. The highest BCUT2D eigenvalue weighted by atomic mass is 16.5. The van der Waals surface area contributed by atoms with Gasteiger partial charge in [-0.05, 0) is 50.6 Å². The fourth-order valence-corrected chi connectivity index (χ4v) is 3.96. The van der Waals surface area contributed by atoms with Crippen LogP contribution in [0.1, 0.15) is 63.7 Å². The van der Waals surface area contributed by atoms with Crippen molar-refractivity contribution in [3.63, 3.8) is 0 Å². The molecule has 0 amide bonds. The molecule has 3 rings (SSSR count). The number of rotatable bonds is 5. The summed E-state index contributed by atoms with van der Waals surface area (Å²) in [7, 11) is 0. The first-order valence-electron chi connectivity index (χ1n) is 8.47. The minimum absolute atomic E-state index is 0.157. The van der Waals surface area contributed by atoms with E-state index in [9.17, 15) is 0 Å². The molecule has 0 radical (unpaired) electrons. The fourth-order valence-electron chi connectivity index (χ4n) is 3.96. The van der Waals surface area contributed by atoms with Crippen molar-refractivity contribution < 1.29 is 4.74 Å². The Bertz CT molecular complexity index is 431. The topological polar surface area (TPSA) is 47.0 Å². The Balaban J connectivity index is 1.75. The number of hydrogen-bond donors (Lipinski definition) is 1. The Morgan fingerprint density at radius 3 is 2.81 bits per heavy atom. The highest BCUT2D eigenvalue weighted by Gasteiger charge is 2.42. The van der Waals surface area contributed by atoms with Gasteiger partial charge in [0.2, 0.25) is 0 Å². The van der Waals surface area contributed by atoms with Crippen LogP contribution in [0.25, 0.3) is 0 Å². The quantitative estimate of drug-likeness (QED) is 0.904. The number of nitrogens with one attached hydrogen (secondary N) is 1. The van der Waals surface area contributed by atoms with E-state index in [4.69, 9.17) is 4.74 Å². The van der Waals surface area contributed by atoms with Crippen molar-refractivity contribution in [2.45, 2.75) is 63.5 Å². The molecule has 2 fully saturated rings. The molecule has 1 aliphatic carbocycles. The van der Waals surface area contributed by atoms with Crippen molar-refractivity contribution in [3.8, 4) is 0 Å². The lowest BCUT2D eigenvalue weighted by Crippen LogP contribution is -2.42. The summed E-state index contributed by atoms with van der Waals surface area (Å²) < 4.78 is 6.18. The summed E-state index contributed by atoms with van der Waals surface area (Å²) in [6, 6.07) is 2.16. The number of hydrogen-bond acceptors (Lipinski definition) is 4. The van der Waals surface area contributed by atoms with E-state index in [-0.39, 0.29) is 11.6 Å². The van der Waals surface area contributed by atoms with Gasteiger partial charge in [-0.1, -0.05) is 19.8 Å². The molecule has 1 saturated carbocycles. The largest absolute Gasteiger partial charge is 0.375 e. The third-order valence-corrected chi connectivity index (χ3v) is 5.00. The molecule has 1 spiro atoms. The molecule has 21 heavy (non-hydrogen) atoms. The lowest BCUT2D eigenvalue weighted by Gasteiger charge is -2.41. The summed E-state index contributed by atoms with van der Waals surface area (Å²) in [4.78, 5) is 9.02. The van der Waals surface area contributed by atoms with E-state index >= 15 is 0 Å². The Morgan fingerprint density at radius 1 is 1.33 bits per heavy atom. The van der Waals surface area contributed by atoms with Gasteiger partial charge < -0.3 is 10.1 Å². The van der Waals surface area contributed by atoms with E-state index in [0.717, 1.165) is 38.2 Å². The second-order valence-electron chi connectivity index (χ2n) is 6.53. The van der Waals surface area contributed by atoms with Crippen LogP contribution in [0.4, 0.5) is 0 Å². The standard InChI is InChI=1S/C17H27N3O/c1-2-9-18-15(16-19-10-5-11-20-16)14-6-12-21-17(13-14)7-3-4-8-17/h5,10-11,14-15,18H,2-4,6-9,12-13H2,1H3. The highest BCUT2D eigenvalue weighted by molar-refractivity contribution is 5.02. The summed E-state index contributed by atoms with van der Waals surface area (Å²) in [6.07, 6.45) is 12.2. The average Bonchev–Trinajstić information content (AvgIpc) is 2.97. The molecular weight excluding hydrogens is 262 g/mol. The predicted molar refractivity (Wildman–Crippen MR) is 82.9 cm³/mol. The number of nitrogens with zero attached hydrogens (tertiary/aromatic N) is 2. The smallest absolute Gasteiger partial charge is 0.145 e. The third-order valence-electron chi connectivity index (χ3n) is 5.00. The molecule has 1 saturated heterocycles. The molecule has 1 aromatic rings. The van der Waals surface area contributed by atoms with E-state index in [0.29, 0.717) is 5.92 Å². The van der Waals surface area contributed by atoms with Crippen LogP contribution in [0, 0.1) is 5.92 Å². The Hall–Kier alpha value is -1.00. The van der Waals surface area contributed by atoms with Crippen molar-refractivity contribution >= 4 is 0 Å². The van der Waals surface area contributed by atoms with Gasteiger partial charge in [0.05, 0.1) is 11.6 Å². The minimum atomic E-state index is 0.157. The predicted octanol–water partition coefficient (Wildman–Crippen LogP) is 3.26. The molecule has 4 nitrogen and oxygen atoms in total. The molecule has 2 aliphatic rings. The highest BCUT2D eigenvalue weighted by Crippen LogP contribution is 2.44. The zero-order valence-electron chi connectivity index (χ0n) is 13.1. The van der Waals surface area contributed by atoms with Crippen LogP contribution in [-0.2, 0) is 4.74 Å². The number of aromatic nitrogens is 2. The number of ether oxygens (including phenoxy) is 1. The molecule has 2 atom stereocenters. The molecule has 1 N–H and O–H groups in total. The summed E-state index contributed by atoms with van der Waals surface area (Å²) >= 11 is 0. The van der Waals surface area contributed by atoms with Gasteiger partial charge in [0, 0.05) is 19.0 Å². The van der Waals surface area contributed by atoms with Crippen LogP contribution in [-0.4, -0.2) is 28.7 Å². The van der Waals surface area contributed by atoms with Crippen LogP contribution in [0.5, 0.6) is 0 Å². The van der Waals surface area contributed by atoms with Crippen LogP contribution in [0.15, 0.2) is 18.5 Å². The lowest BCUT2D eigenvalue weighted by atomic mass is 9.80. The summed E-state index contributed by atoms with van der Waals surface area (Å²) in [6.45, 7) is 4.12. The van der Waals surface area contributed by atoms with Gasteiger partial charge in [0.1, 0.15) is 5.82 Å². The summed E-state index contributed by atoms with van der Waals surface area (Å²) in [5.41, 5.74) is 0.157. The van der Waals surface area contributed by atoms with Gasteiger partial charge in [-0.2, -0.15) is 0 Å². The summed E-state index contributed by atoms with van der Waals surface area (Å²) in [5, 5.41) is 3.68.